The van der Waals surface area contributed by atoms with Crippen molar-refractivity contribution in [3.05, 3.63) is 41.5 Å². The van der Waals surface area contributed by atoms with E-state index in [1.165, 1.54) is 0 Å². The fourth-order valence-electron chi connectivity index (χ4n) is 11.0. The summed E-state index contributed by atoms with van der Waals surface area (Å²) in [5, 5.41) is 36.6. The maximum atomic E-state index is 14.5. The van der Waals surface area contributed by atoms with Crippen molar-refractivity contribution in [3.63, 3.8) is 0 Å². The summed E-state index contributed by atoms with van der Waals surface area (Å²) in [5.74, 6) is -1.04. The highest BCUT2D eigenvalue weighted by Gasteiger charge is 2.79. The number of fused-ring (bicyclic) bond motifs is 6. The standard InChI is InChI=1S/C33H44N2O6/c1-18-7-9-22-21(14-18)33(28(39)34-22)24(32(25-6-5-13-35(25)33)27(38)16-41-29(32)40)15-20-19(2)8-10-23-30(20,3)12-11-26(37)31(23,4)17-36/h7,9,14,20,23-27,36-38H,2,5-6,8,10-13,15-17H2,1,3-4H3,(H,34,39)/t20-,23+,24?,25?,26-,27+,30+,31+,32-,33+/m1/s1. The molecule has 222 valence electrons. The number of rotatable bonds is 3. The molecule has 2 unspecified atom stereocenters. The van der Waals surface area contributed by atoms with E-state index in [0.29, 0.717) is 19.4 Å². The minimum Gasteiger partial charge on any atom is -0.462 e. The molecule has 2 spiro atoms. The molecule has 10 atom stereocenters. The van der Waals surface area contributed by atoms with Crippen molar-refractivity contribution >= 4 is 17.6 Å². The van der Waals surface area contributed by atoms with E-state index in [2.05, 4.69) is 29.8 Å². The second-order valence-electron chi connectivity index (χ2n) is 14.5. The van der Waals surface area contributed by atoms with Crippen LogP contribution in [0.25, 0.3) is 0 Å². The van der Waals surface area contributed by atoms with Crippen molar-refractivity contribution in [2.24, 2.45) is 34.0 Å². The number of hydrogen-bond acceptors (Lipinski definition) is 7. The molecule has 1 aromatic carbocycles. The summed E-state index contributed by atoms with van der Waals surface area (Å²) in [4.78, 5) is 30.8. The molecule has 8 heteroatoms. The van der Waals surface area contributed by atoms with Crippen molar-refractivity contribution in [3.8, 4) is 0 Å². The molecule has 1 aromatic rings. The van der Waals surface area contributed by atoms with E-state index in [1.54, 1.807) is 0 Å². The molecular formula is C33H44N2O6. The van der Waals surface area contributed by atoms with Gasteiger partial charge in [0.2, 0.25) is 5.91 Å². The molecule has 7 rings (SSSR count). The van der Waals surface area contributed by atoms with Gasteiger partial charge in [-0.05, 0) is 81.7 Å². The smallest absolute Gasteiger partial charge is 0.316 e. The van der Waals surface area contributed by atoms with Crippen LogP contribution in [0, 0.1) is 40.9 Å². The van der Waals surface area contributed by atoms with Crippen molar-refractivity contribution in [1.29, 1.82) is 0 Å². The Balaban J connectivity index is 1.43. The normalized spacial score (nSPS) is 47.0. The number of cyclic esters (lactones) is 1. The lowest BCUT2D eigenvalue weighted by molar-refractivity contribution is -0.161. The van der Waals surface area contributed by atoms with Crippen LogP contribution in [0.2, 0.25) is 0 Å². The number of aliphatic hydroxyl groups is 3. The molecule has 8 nitrogen and oxygen atoms in total. The van der Waals surface area contributed by atoms with Gasteiger partial charge in [-0.25, -0.2) is 0 Å². The van der Waals surface area contributed by atoms with Gasteiger partial charge in [0.15, 0.2) is 0 Å². The lowest BCUT2D eigenvalue weighted by Crippen LogP contribution is -2.59. The van der Waals surface area contributed by atoms with Gasteiger partial charge in [0.25, 0.3) is 0 Å². The zero-order chi connectivity index (χ0) is 29.1. The first-order valence-corrected chi connectivity index (χ1v) is 15.5. The van der Waals surface area contributed by atoms with Crippen molar-refractivity contribution in [2.75, 3.05) is 25.1 Å². The van der Waals surface area contributed by atoms with Gasteiger partial charge < -0.3 is 25.4 Å². The SMILES string of the molecule is C=C1CC[C@@H]2[C@](C)(CO)[C@H](O)CC[C@@]2(C)[C@@H]1CC1[C@@]2(C(=O)OC[C@@H]2O)C2CCCN2[C@]12C(=O)Nc1ccc(C)cc12. The molecule has 4 N–H and O–H groups in total. The third-order valence-electron chi connectivity index (χ3n) is 13.0. The summed E-state index contributed by atoms with van der Waals surface area (Å²) < 4.78 is 5.67. The number of benzene rings is 1. The van der Waals surface area contributed by atoms with Gasteiger partial charge in [0, 0.05) is 28.6 Å². The van der Waals surface area contributed by atoms with Crippen LogP contribution in [0.3, 0.4) is 0 Å². The van der Waals surface area contributed by atoms with Crippen LogP contribution in [0.5, 0.6) is 0 Å². The number of nitrogens with zero attached hydrogens (tertiary/aromatic N) is 1. The number of hydrogen-bond donors (Lipinski definition) is 4. The number of amides is 1. The summed E-state index contributed by atoms with van der Waals surface area (Å²) in [6.07, 6.45) is 3.42. The Bertz CT molecular complexity index is 1330. The number of ether oxygens (including phenoxy) is 1. The number of carbonyl (C=O) groups is 2. The van der Waals surface area contributed by atoms with Crippen LogP contribution in [0.1, 0.15) is 69.9 Å². The molecule has 0 aromatic heterocycles. The number of carbonyl (C=O) groups excluding carboxylic acids is 2. The average molecular weight is 565 g/mol. The maximum Gasteiger partial charge on any atom is 0.316 e. The molecule has 2 saturated carbocycles. The van der Waals surface area contributed by atoms with Gasteiger partial charge in [0.05, 0.1) is 12.7 Å². The zero-order valence-electron chi connectivity index (χ0n) is 24.5. The van der Waals surface area contributed by atoms with Crippen LogP contribution in [0.15, 0.2) is 30.4 Å². The molecule has 3 saturated heterocycles. The fourth-order valence-corrected chi connectivity index (χ4v) is 11.0. The van der Waals surface area contributed by atoms with Crippen LogP contribution >= 0.6 is 0 Å². The van der Waals surface area contributed by atoms with E-state index in [-0.39, 0.29) is 48.4 Å². The van der Waals surface area contributed by atoms with Gasteiger partial charge in [-0.3, -0.25) is 14.5 Å². The van der Waals surface area contributed by atoms with E-state index in [9.17, 15) is 24.9 Å². The topological polar surface area (TPSA) is 119 Å². The zero-order valence-corrected chi connectivity index (χ0v) is 24.5. The van der Waals surface area contributed by atoms with Gasteiger partial charge in [-0.2, -0.15) is 0 Å². The number of nitrogens with one attached hydrogen (secondary N) is 1. The number of aryl methyl sites for hydroxylation is 1. The Morgan fingerprint density at radius 2 is 1.93 bits per heavy atom. The molecule has 5 fully saturated rings. The Hall–Kier alpha value is -2.26. The number of anilines is 1. The molecule has 0 bridgehead atoms. The summed E-state index contributed by atoms with van der Waals surface area (Å²) in [6, 6.07) is 5.74. The lowest BCUT2D eigenvalue weighted by Gasteiger charge is -2.60. The number of esters is 1. The molecule has 2 aliphatic carbocycles. The molecule has 1 amide bonds. The maximum absolute atomic E-state index is 14.5. The van der Waals surface area contributed by atoms with Crippen molar-refractivity contribution in [2.45, 2.75) is 89.5 Å². The summed E-state index contributed by atoms with van der Waals surface area (Å²) in [6.45, 7) is 11.4. The van der Waals surface area contributed by atoms with E-state index in [1.807, 2.05) is 26.0 Å². The van der Waals surface area contributed by atoms with Gasteiger partial charge >= 0.3 is 5.97 Å². The first-order chi connectivity index (χ1) is 19.5. The Morgan fingerprint density at radius 1 is 1.15 bits per heavy atom. The van der Waals surface area contributed by atoms with Crippen LogP contribution in [-0.2, 0) is 19.9 Å². The van der Waals surface area contributed by atoms with E-state index in [4.69, 9.17) is 4.74 Å². The highest BCUT2D eigenvalue weighted by Crippen LogP contribution is 2.69. The van der Waals surface area contributed by atoms with Crippen molar-refractivity contribution in [1.82, 2.24) is 4.90 Å². The largest absolute Gasteiger partial charge is 0.462 e. The van der Waals surface area contributed by atoms with E-state index in [0.717, 1.165) is 54.5 Å². The second kappa shape index (κ2) is 8.88. The molecular weight excluding hydrogens is 520 g/mol. The first kappa shape index (κ1) is 27.6. The van der Waals surface area contributed by atoms with E-state index < -0.39 is 34.5 Å². The van der Waals surface area contributed by atoms with Crippen LogP contribution < -0.4 is 5.32 Å². The summed E-state index contributed by atoms with van der Waals surface area (Å²) in [7, 11) is 0. The second-order valence-corrected chi connectivity index (χ2v) is 14.5. The van der Waals surface area contributed by atoms with Gasteiger partial charge in [-0.15, -0.1) is 0 Å². The molecule has 4 aliphatic heterocycles. The minimum absolute atomic E-state index is 0.0549. The quantitative estimate of drug-likeness (QED) is 0.329. The molecule has 4 heterocycles. The summed E-state index contributed by atoms with van der Waals surface area (Å²) in [5.41, 5.74) is 0.541. The van der Waals surface area contributed by atoms with Gasteiger partial charge in [0.1, 0.15) is 23.7 Å². The molecule has 0 radical (unpaired) electrons. The predicted molar refractivity (Wildman–Crippen MR) is 153 cm³/mol. The van der Waals surface area contributed by atoms with E-state index >= 15 is 0 Å². The first-order valence-electron chi connectivity index (χ1n) is 15.5. The highest BCUT2D eigenvalue weighted by atomic mass is 16.6. The predicted octanol–water partition coefficient (Wildman–Crippen LogP) is 3.27. The highest BCUT2D eigenvalue weighted by molar-refractivity contribution is 6.07. The average Bonchev–Trinajstić information content (AvgIpc) is 3.66. The molecule has 6 aliphatic rings. The Kier molecular flexibility index (Phi) is 5.97. The summed E-state index contributed by atoms with van der Waals surface area (Å²) >= 11 is 0. The monoisotopic (exact) mass is 564 g/mol. The van der Waals surface area contributed by atoms with Crippen LogP contribution in [0.4, 0.5) is 5.69 Å². The Labute approximate surface area is 242 Å². The number of allylic oxidation sites excluding steroid dienone is 1. The third kappa shape index (κ3) is 3.15. The van der Waals surface area contributed by atoms with Crippen LogP contribution in [-0.4, -0.2) is 70.1 Å². The Morgan fingerprint density at radius 3 is 2.63 bits per heavy atom. The number of aliphatic hydroxyl groups excluding tert-OH is 3. The third-order valence-corrected chi connectivity index (χ3v) is 13.0. The minimum atomic E-state index is -1.22. The van der Waals surface area contributed by atoms with Gasteiger partial charge in [-0.1, -0.05) is 43.7 Å². The lowest BCUT2D eigenvalue weighted by atomic mass is 9.44. The van der Waals surface area contributed by atoms with Crippen molar-refractivity contribution < 1.29 is 29.6 Å². The molecule has 41 heavy (non-hydrogen) atoms. The fraction of sp³-hybridized carbons (Fsp3) is 0.697.